The fourth-order valence-corrected chi connectivity index (χ4v) is 5.42. The van der Waals surface area contributed by atoms with E-state index in [1.165, 1.54) is 0 Å². The summed E-state index contributed by atoms with van der Waals surface area (Å²) < 4.78 is 5.00. The van der Waals surface area contributed by atoms with Crippen molar-refractivity contribution in [1.82, 2.24) is 34.1 Å². The summed E-state index contributed by atoms with van der Waals surface area (Å²) in [6, 6.07) is 24.0. The number of carbonyl (C=O) groups excluding carboxylic acids is 1. The number of benzene rings is 2. The molecule has 0 aliphatic carbocycles. The standard InChI is InChI=1S/C34H25N7O2/c1-22(37-33(42)30-23(2)38-40-19-9-17-35-32(30)40)29-20-25-11-8-10-24(15-16-26-21-36-39-18-7-6-14-28(26)39)31(25)34(43)41(29)27-12-4-3-5-13-27/h3-14,17-22H,1-2H3,(H,37,42)/t22-/m1/s1. The van der Waals surface area contributed by atoms with Gasteiger partial charge in [-0.15, -0.1) is 0 Å². The molecule has 0 bridgehead atoms. The monoisotopic (exact) mass is 563 g/mol. The van der Waals surface area contributed by atoms with E-state index < -0.39 is 6.04 Å². The number of aromatic nitrogens is 6. The van der Waals surface area contributed by atoms with Crippen LogP contribution in [0.3, 0.4) is 0 Å². The fourth-order valence-electron chi connectivity index (χ4n) is 5.42. The first-order valence-electron chi connectivity index (χ1n) is 13.8. The Hall–Kier alpha value is -6.01. The number of nitrogens with zero attached hydrogens (tertiary/aromatic N) is 6. The van der Waals surface area contributed by atoms with Crippen LogP contribution in [0, 0.1) is 18.8 Å². The lowest BCUT2D eigenvalue weighted by atomic mass is 10.0. The third-order valence-electron chi connectivity index (χ3n) is 7.44. The largest absolute Gasteiger partial charge is 0.344 e. The second-order valence-corrected chi connectivity index (χ2v) is 10.2. The molecular formula is C34H25N7O2. The highest BCUT2D eigenvalue weighted by molar-refractivity contribution is 6.01. The van der Waals surface area contributed by atoms with Crippen molar-refractivity contribution in [2.75, 3.05) is 0 Å². The van der Waals surface area contributed by atoms with E-state index in [4.69, 9.17) is 0 Å². The number of hydrogen-bond donors (Lipinski definition) is 1. The summed E-state index contributed by atoms with van der Waals surface area (Å²) in [7, 11) is 0. The van der Waals surface area contributed by atoms with Crippen molar-refractivity contribution >= 4 is 27.8 Å². The number of para-hydroxylation sites is 1. The van der Waals surface area contributed by atoms with E-state index in [1.807, 2.05) is 85.9 Å². The zero-order chi connectivity index (χ0) is 29.5. The fraction of sp³-hybridized carbons (Fsp3) is 0.0882. The minimum atomic E-state index is -0.531. The maximum absolute atomic E-state index is 14.3. The van der Waals surface area contributed by atoms with Crippen molar-refractivity contribution in [2.45, 2.75) is 19.9 Å². The molecule has 0 spiro atoms. The Morgan fingerprint density at radius 3 is 2.56 bits per heavy atom. The highest BCUT2D eigenvalue weighted by atomic mass is 16.2. The summed E-state index contributed by atoms with van der Waals surface area (Å²) in [5.41, 5.74) is 4.79. The van der Waals surface area contributed by atoms with Crippen LogP contribution in [-0.4, -0.2) is 34.7 Å². The minimum absolute atomic E-state index is 0.224. The molecule has 0 aliphatic heterocycles. The minimum Gasteiger partial charge on any atom is -0.344 e. The SMILES string of the molecule is Cc1nn2cccnc2c1C(=O)N[C@H](C)c1cc2cccc(C#Cc3cnn4ccccc34)c2c(=O)n1-c1ccccc1. The smallest absolute Gasteiger partial charge is 0.264 e. The molecule has 0 saturated carbocycles. The molecule has 1 amide bonds. The molecule has 1 N–H and O–H groups in total. The molecule has 0 unspecified atom stereocenters. The Bertz CT molecular complexity index is 2300. The van der Waals surface area contributed by atoms with E-state index in [2.05, 4.69) is 32.3 Å². The van der Waals surface area contributed by atoms with Gasteiger partial charge in [0.15, 0.2) is 5.65 Å². The number of aryl methyl sites for hydroxylation is 1. The Morgan fingerprint density at radius 1 is 0.907 bits per heavy atom. The van der Waals surface area contributed by atoms with E-state index in [-0.39, 0.29) is 11.5 Å². The normalized spacial score (nSPS) is 11.9. The summed E-state index contributed by atoms with van der Waals surface area (Å²) in [6.45, 7) is 3.64. The van der Waals surface area contributed by atoms with Crippen molar-refractivity contribution < 1.29 is 4.79 Å². The molecule has 2 aromatic carbocycles. The summed E-state index contributed by atoms with van der Waals surface area (Å²) in [5, 5.41) is 13.1. The molecule has 0 radical (unpaired) electrons. The Morgan fingerprint density at radius 2 is 1.70 bits per heavy atom. The molecular weight excluding hydrogens is 538 g/mol. The molecule has 7 rings (SSSR count). The van der Waals surface area contributed by atoms with E-state index >= 15 is 0 Å². The number of hydrogen-bond acceptors (Lipinski definition) is 5. The molecule has 208 valence electrons. The van der Waals surface area contributed by atoms with E-state index in [0.29, 0.717) is 39.2 Å². The molecule has 9 nitrogen and oxygen atoms in total. The lowest BCUT2D eigenvalue weighted by Crippen LogP contribution is -2.32. The number of nitrogens with one attached hydrogen (secondary N) is 1. The predicted molar refractivity (Wildman–Crippen MR) is 164 cm³/mol. The van der Waals surface area contributed by atoms with Crippen LogP contribution in [0.4, 0.5) is 0 Å². The number of fused-ring (bicyclic) bond motifs is 3. The molecule has 5 heterocycles. The molecule has 7 aromatic rings. The first kappa shape index (κ1) is 25.9. The van der Waals surface area contributed by atoms with Gasteiger partial charge in [0.1, 0.15) is 5.56 Å². The number of pyridine rings is 2. The van der Waals surface area contributed by atoms with Gasteiger partial charge in [-0.3, -0.25) is 14.2 Å². The van der Waals surface area contributed by atoms with E-state index in [9.17, 15) is 9.59 Å². The summed E-state index contributed by atoms with van der Waals surface area (Å²) in [4.78, 5) is 32.2. The van der Waals surface area contributed by atoms with Crippen molar-refractivity contribution in [3.8, 4) is 17.5 Å². The van der Waals surface area contributed by atoms with Crippen molar-refractivity contribution in [2.24, 2.45) is 0 Å². The van der Waals surface area contributed by atoms with Crippen LogP contribution in [0.2, 0.25) is 0 Å². The van der Waals surface area contributed by atoms with Crippen LogP contribution in [0.15, 0.2) is 108 Å². The van der Waals surface area contributed by atoms with Crippen molar-refractivity contribution in [3.63, 3.8) is 0 Å². The van der Waals surface area contributed by atoms with Gasteiger partial charge in [-0.1, -0.05) is 48.2 Å². The zero-order valence-corrected chi connectivity index (χ0v) is 23.4. The van der Waals surface area contributed by atoms with Gasteiger partial charge < -0.3 is 5.32 Å². The van der Waals surface area contributed by atoms with Gasteiger partial charge in [-0.05, 0) is 61.7 Å². The molecule has 9 heteroatoms. The van der Waals surface area contributed by atoms with Crippen LogP contribution in [0.5, 0.6) is 0 Å². The lowest BCUT2D eigenvalue weighted by Gasteiger charge is -2.21. The van der Waals surface area contributed by atoms with Crippen LogP contribution in [-0.2, 0) is 0 Å². The highest BCUT2D eigenvalue weighted by Crippen LogP contribution is 2.24. The third kappa shape index (κ3) is 4.51. The second kappa shape index (κ2) is 10.4. The van der Waals surface area contributed by atoms with Crippen LogP contribution < -0.4 is 10.9 Å². The van der Waals surface area contributed by atoms with Gasteiger partial charge in [0.2, 0.25) is 0 Å². The lowest BCUT2D eigenvalue weighted by molar-refractivity contribution is 0.0939. The predicted octanol–water partition coefficient (Wildman–Crippen LogP) is 4.88. The van der Waals surface area contributed by atoms with Gasteiger partial charge in [0.05, 0.1) is 34.4 Å². The third-order valence-corrected chi connectivity index (χ3v) is 7.44. The Balaban J connectivity index is 1.35. The van der Waals surface area contributed by atoms with Crippen molar-refractivity contribution in [3.05, 3.63) is 142 Å². The molecule has 5 aromatic heterocycles. The van der Waals surface area contributed by atoms with Gasteiger partial charge in [0.25, 0.3) is 11.5 Å². The zero-order valence-electron chi connectivity index (χ0n) is 23.4. The number of amides is 1. The van der Waals surface area contributed by atoms with Crippen LogP contribution in [0.1, 0.15) is 45.8 Å². The second-order valence-electron chi connectivity index (χ2n) is 10.2. The summed E-state index contributed by atoms with van der Waals surface area (Å²) in [5.74, 6) is 6.11. The summed E-state index contributed by atoms with van der Waals surface area (Å²) >= 11 is 0. The topological polar surface area (TPSA) is 98.6 Å². The molecule has 0 saturated heterocycles. The van der Waals surface area contributed by atoms with Gasteiger partial charge in [-0.2, -0.15) is 10.2 Å². The average Bonchev–Trinajstić information content (AvgIpc) is 3.60. The molecule has 0 fully saturated rings. The van der Waals surface area contributed by atoms with Gasteiger partial charge in [0, 0.05) is 35.5 Å². The van der Waals surface area contributed by atoms with Crippen LogP contribution >= 0.6 is 0 Å². The van der Waals surface area contributed by atoms with Gasteiger partial charge in [-0.25, -0.2) is 14.0 Å². The van der Waals surface area contributed by atoms with Crippen molar-refractivity contribution in [1.29, 1.82) is 0 Å². The number of rotatable bonds is 4. The molecule has 43 heavy (non-hydrogen) atoms. The Labute approximate surface area is 246 Å². The molecule has 0 aliphatic rings. The maximum atomic E-state index is 14.3. The van der Waals surface area contributed by atoms with Gasteiger partial charge >= 0.3 is 0 Å². The first-order chi connectivity index (χ1) is 21.0. The Kier molecular flexibility index (Phi) is 6.29. The highest BCUT2D eigenvalue weighted by Gasteiger charge is 2.23. The molecule has 1 atom stereocenters. The summed E-state index contributed by atoms with van der Waals surface area (Å²) in [6.07, 6.45) is 6.97. The van der Waals surface area contributed by atoms with E-state index in [0.717, 1.165) is 16.5 Å². The number of carbonyl (C=O) groups is 1. The average molecular weight is 564 g/mol. The van der Waals surface area contributed by atoms with Crippen LogP contribution in [0.25, 0.3) is 27.6 Å². The maximum Gasteiger partial charge on any atom is 0.264 e. The van der Waals surface area contributed by atoms with E-state index in [1.54, 1.807) is 45.2 Å². The first-order valence-corrected chi connectivity index (χ1v) is 13.8. The quantitative estimate of drug-likeness (QED) is 0.308.